The van der Waals surface area contributed by atoms with Gasteiger partial charge in [-0.1, -0.05) is 6.92 Å². The third-order valence-electron chi connectivity index (χ3n) is 3.66. The standard InChI is InChI=1S/C14H19NO5S/c1-10-7-11(10)8-15(2)21(18,19)13-5-3-12(4-6-13)20-9-14(16)17/h3-6,10-11H,7-9H2,1-2H3,(H,16,17). The van der Waals surface area contributed by atoms with Gasteiger partial charge in [-0.25, -0.2) is 17.5 Å². The quantitative estimate of drug-likeness (QED) is 0.823. The van der Waals surface area contributed by atoms with Crippen LogP contribution in [0.5, 0.6) is 5.75 Å². The molecule has 21 heavy (non-hydrogen) atoms. The minimum atomic E-state index is -3.50. The molecule has 0 radical (unpaired) electrons. The third kappa shape index (κ3) is 3.95. The average molecular weight is 313 g/mol. The Kier molecular flexibility index (Phi) is 4.53. The highest BCUT2D eigenvalue weighted by molar-refractivity contribution is 7.89. The summed E-state index contributed by atoms with van der Waals surface area (Å²) in [6, 6.07) is 5.78. The van der Waals surface area contributed by atoms with Crippen molar-refractivity contribution in [1.29, 1.82) is 0 Å². The Morgan fingerprint density at radius 1 is 1.38 bits per heavy atom. The molecule has 1 aliphatic carbocycles. The Morgan fingerprint density at radius 3 is 2.43 bits per heavy atom. The second-order valence-electron chi connectivity index (χ2n) is 5.41. The van der Waals surface area contributed by atoms with Crippen molar-refractivity contribution in [2.45, 2.75) is 18.2 Å². The van der Waals surface area contributed by atoms with Crippen LogP contribution < -0.4 is 4.74 Å². The lowest BCUT2D eigenvalue weighted by Gasteiger charge is -2.17. The molecule has 1 N–H and O–H groups in total. The van der Waals surface area contributed by atoms with E-state index in [4.69, 9.17) is 9.84 Å². The van der Waals surface area contributed by atoms with Crippen LogP contribution in [0.4, 0.5) is 0 Å². The number of carboxylic acids is 1. The van der Waals surface area contributed by atoms with E-state index in [9.17, 15) is 13.2 Å². The van der Waals surface area contributed by atoms with Crippen molar-refractivity contribution in [2.24, 2.45) is 11.8 Å². The molecule has 0 heterocycles. The van der Waals surface area contributed by atoms with Gasteiger partial charge < -0.3 is 9.84 Å². The molecule has 2 unspecified atom stereocenters. The zero-order valence-corrected chi connectivity index (χ0v) is 12.8. The van der Waals surface area contributed by atoms with Crippen LogP contribution in [0, 0.1) is 11.8 Å². The van der Waals surface area contributed by atoms with Gasteiger partial charge in [-0.3, -0.25) is 0 Å². The smallest absolute Gasteiger partial charge is 0.341 e. The number of hydrogen-bond acceptors (Lipinski definition) is 4. The van der Waals surface area contributed by atoms with Crippen LogP contribution in [0.1, 0.15) is 13.3 Å². The van der Waals surface area contributed by atoms with E-state index in [1.165, 1.54) is 28.6 Å². The molecule has 0 bridgehead atoms. The Bertz CT molecular complexity index is 611. The fraction of sp³-hybridized carbons (Fsp3) is 0.500. The van der Waals surface area contributed by atoms with Crippen molar-refractivity contribution < 1.29 is 23.1 Å². The van der Waals surface area contributed by atoms with Crippen LogP contribution in [0.2, 0.25) is 0 Å². The Hall–Kier alpha value is -1.60. The SMILES string of the molecule is CC1CC1CN(C)S(=O)(=O)c1ccc(OCC(=O)O)cc1. The van der Waals surface area contributed by atoms with Gasteiger partial charge in [0, 0.05) is 13.6 Å². The predicted molar refractivity (Wildman–Crippen MR) is 76.7 cm³/mol. The molecule has 1 aromatic carbocycles. The average Bonchev–Trinajstić information content (AvgIpc) is 3.12. The van der Waals surface area contributed by atoms with Gasteiger partial charge in [0.25, 0.3) is 0 Å². The molecule has 1 aliphatic rings. The van der Waals surface area contributed by atoms with Gasteiger partial charge in [-0.05, 0) is 42.5 Å². The van der Waals surface area contributed by atoms with Crippen molar-refractivity contribution in [1.82, 2.24) is 4.31 Å². The van der Waals surface area contributed by atoms with Gasteiger partial charge in [-0.2, -0.15) is 0 Å². The largest absolute Gasteiger partial charge is 0.482 e. The zero-order chi connectivity index (χ0) is 15.6. The maximum absolute atomic E-state index is 12.4. The molecule has 116 valence electrons. The molecule has 0 aliphatic heterocycles. The fourth-order valence-electron chi connectivity index (χ4n) is 2.11. The summed E-state index contributed by atoms with van der Waals surface area (Å²) in [6.45, 7) is 2.19. The molecule has 6 nitrogen and oxygen atoms in total. The highest BCUT2D eigenvalue weighted by Crippen LogP contribution is 2.38. The summed E-state index contributed by atoms with van der Waals surface area (Å²) < 4.78 is 31.1. The van der Waals surface area contributed by atoms with E-state index >= 15 is 0 Å². The Balaban J connectivity index is 2.03. The lowest BCUT2D eigenvalue weighted by atomic mass is 10.3. The van der Waals surface area contributed by atoms with E-state index in [0.717, 1.165) is 6.42 Å². The molecule has 2 atom stereocenters. The van der Waals surface area contributed by atoms with Crippen molar-refractivity contribution in [3.05, 3.63) is 24.3 Å². The van der Waals surface area contributed by atoms with Crippen molar-refractivity contribution in [3.8, 4) is 5.75 Å². The number of ether oxygens (including phenoxy) is 1. The highest BCUT2D eigenvalue weighted by atomic mass is 32.2. The van der Waals surface area contributed by atoms with Gasteiger partial charge in [0.1, 0.15) is 5.75 Å². The second-order valence-corrected chi connectivity index (χ2v) is 7.46. The van der Waals surface area contributed by atoms with Gasteiger partial charge >= 0.3 is 5.97 Å². The van der Waals surface area contributed by atoms with Crippen molar-refractivity contribution in [3.63, 3.8) is 0 Å². The maximum atomic E-state index is 12.4. The molecule has 1 aromatic rings. The minimum Gasteiger partial charge on any atom is -0.482 e. The number of carboxylic acid groups (broad SMARTS) is 1. The topological polar surface area (TPSA) is 83.9 Å². The number of aliphatic carboxylic acids is 1. The van der Waals surface area contributed by atoms with E-state index in [1.807, 2.05) is 0 Å². The highest BCUT2D eigenvalue weighted by Gasteiger charge is 2.36. The molecule has 0 spiro atoms. The summed E-state index contributed by atoms with van der Waals surface area (Å²) in [5, 5.41) is 8.52. The van der Waals surface area contributed by atoms with Gasteiger partial charge in [0.15, 0.2) is 6.61 Å². The summed E-state index contributed by atoms with van der Waals surface area (Å²) in [6.07, 6.45) is 1.07. The molecule has 1 saturated carbocycles. The van der Waals surface area contributed by atoms with Crippen LogP contribution in [-0.2, 0) is 14.8 Å². The fourth-order valence-corrected chi connectivity index (χ4v) is 3.34. The molecule has 7 heteroatoms. The van der Waals surface area contributed by atoms with E-state index in [0.29, 0.717) is 24.1 Å². The number of nitrogens with zero attached hydrogens (tertiary/aromatic N) is 1. The van der Waals surface area contributed by atoms with E-state index < -0.39 is 22.6 Å². The Labute approximate surface area is 124 Å². The third-order valence-corrected chi connectivity index (χ3v) is 5.50. The van der Waals surface area contributed by atoms with E-state index in [2.05, 4.69) is 6.92 Å². The first-order valence-electron chi connectivity index (χ1n) is 6.71. The minimum absolute atomic E-state index is 0.181. The van der Waals surface area contributed by atoms with Crippen molar-refractivity contribution in [2.75, 3.05) is 20.2 Å². The van der Waals surface area contributed by atoms with E-state index in [1.54, 1.807) is 7.05 Å². The summed E-state index contributed by atoms with van der Waals surface area (Å²) in [7, 11) is -1.93. The van der Waals surface area contributed by atoms with Crippen molar-refractivity contribution >= 4 is 16.0 Å². The monoisotopic (exact) mass is 313 g/mol. The number of rotatable bonds is 7. The van der Waals surface area contributed by atoms with Crippen LogP contribution in [0.25, 0.3) is 0 Å². The van der Waals surface area contributed by atoms with E-state index in [-0.39, 0.29) is 4.90 Å². The first-order chi connectivity index (χ1) is 9.80. The summed E-state index contributed by atoms with van der Waals surface area (Å²) >= 11 is 0. The van der Waals surface area contributed by atoms with Gasteiger partial charge in [0.2, 0.25) is 10.0 Å². The lowest BCUT2D eigenvalue weighted by Crippen LogP contribution is -2.29. The molecule has 1 fully saturated rings. The number of carbonyl (C=O) groups is 1. The van der Waals surface area contributed by atoms with Gasteiger partial charge in [-0.15, -0.1) is 0 Å². The second kappa shape index (κ2) is 6.03. The summed E-state index contributed by atoms with van der Waals surface area (Å²) in [5.74, 6) is 0.289. The predicted octanol–water partition coefficient (Wildman–Crippen LogP) is 1.43. The zero-order valence-electron chi connectivity index (χ0n) is 12.0. The molecular weight excluding hydrogens is 294 g/mol. The summed E-state index contributed by atoms with van der Waals surface area (Å²) in [5.41, 5.74) is 0. The van der Waals surface area contributed by atoms with Crippen LogP contribution in [0.15, 0.2) is 29.2 Å². The Morgan fingerprint density at radius 2 is 1.95 bits per heavy atom. The first kappa shape index (κ1) is 15.8. The maximum Gasteiger partial charge on any atom is 0.341 e. The molecule has 2 rings (SSSR count). The number of hydrogen-bond donors (Lipinski definition) is 1. The van der Waals surface area contributed by atoms with Crippen LogP contribution >= 0.6 is 0 Å². The number of benzene rings is 1. The summed E-state index contributed by atoms with van der Waals surface area (Å²) in [4.78, 5) is 10.6. The lowest BCUT2D eigenvalue weighted by molar-refractivity contribution is -0.139. The molecule has 0 aromatic heterocycles. The normalized spacial score (nSPS) is 21.3. The number of sulfonamides is 1. The molecular formula is C14H19NO5S. The van der Waals surface area contributed by atoms with Crippen LogP contribution in [-0.4, -0.2) is 44.0 Å². The molecule has 0 amide bonds. The van der Waals surface area contributed by atoms with Gasteiger partial charge in [0.05, 0.1) is 4.90 Å². The first-order valence-corrected chi connectivity index (χ1v) is 8.15. The molecule has 0 saturated heterocycles. The van der Waals surface area contributed by atoms with Crippen LogP contribution in [0.3, 0.4) is 0 Å².